The Morgan fingerprint density at radius 2 is 1.74 bits per heavy atom. The molecule has 0 aliphatic carbocycles. The van der Waals surface area contributed by atoms with Crippen LogP contribution in [-0.2, 0) is 9.59 Å². The van der Waals surface area contributed by atoms with Crippen molar-refractivity contribution in [2.24, 2.45) is 0 Å². The summed E-state index contributed by atoms with van der Waals surface area (Å²) < 4.78 is 0. The van der Waals surface area contributed by atoms with Gasteiger partial charge in [-0.25, -0.2) is 0 Å². The summed E-state index contributed by atoms with van der Waals surface area (Å²) in [6.07, 6.45) is 0.661. The number of nitrogens with zero attached hydrogens (tertiary/aromatic N) is 2. The van der Waals surface area contributed by atoms with E-state index in [2.05, 4.69) is 0 Å². The molecule has 27 heavy (non-hydrogen) atoms. The Hall–Kier alpha value is -3.48. The van der Waals surface area contributed by atoms with Gasteiger partial charge < -0.3 is 10.0 Å². The highest BCUT2D eigenvalue weighted by atomic mass is 16.6. The zero-order valence-corrected chi connectivity index (χ0v) is 14.7. The second-order valence-corrected chi connectivity index (χ2v) is 6.21. The first-order valence-electron chi connectivity index (χ1n) is 8.54. The van der Waals surface area contributed by atoms with Crippen molar-refractivity contribution >= 4 is 23.1 Å². The van der Waals surface area contributed by atoms with Crippen molar-refractivity contribution in [1.29, 1.82) is 0 Å². The van der Waals surface area contributed by atoms with Gasteiger partial charge in [-0.2, -0.15) is 0 Å². The van der Waals surface area contributed by atoms with Gasteiger partial charge in [0.15, 0.2) is 0 Å². The number of aliphatic hydroxyl groups is 1. The Morgan fingerprint density at radius 3 is 2.30 bits per heavy atom. The van der Waals surface area contributed by atoms with Crippen molar-refractivity contribution in [1.82, 2.24) is 4.90 Å². The molecule has 1 amide bonds. The van der Waals surface area contributed by atoms with Crippen molar-refractivity contribution in [3.05, 3.63) is 81.4 Å². The summed E-state index contributed by atoms with van der Waals surface area (Å²) in [6.45, 7) is 2.28. The number of carbonyl (C=O) groups is 2. The standard InChI is InChI=1S/C20H18N2O5/c1-2-12-21-17(13-6-4-3-5-7-13)16(19(24)20(21)25)18(23)14-8-10-15(11-9-14)22(26)27/h3-11,17,23H,2,12H2,1H3/b18-16-. The van der Waals surface area contributed by atoms with E-state index in [1.165, 1.54) is 29.2 Å². The highest BCUT2D eigenvalue weighted by molar-refractivity contribution is 6.46. The summed E-state index contributed by atoms with van der Waals surface area (Å²) in [4.78, 5) is 36.9. The lowest BCUT2D eigenvalue weighted by Gasteiger charge is -2.24. The van der Waals surface area contributed by atoms with Crippen LogP contribution in [0.4, 0.5) is 5.69 Å². The molecule has 7 heteroatoms. The summed E-state index contributed by atoms with van der Waals surface area (Å²) >= 11 is 0. The maximum atomic E-state index is 12.6. The van der Waals surface area contributed by atoms with E-state index in [1.807, 2.05) is 13.0 Å². The first kappa shape index (κ1) is 18.3. The SMILES string of the molecule is CCCN1C(=O)C(=O)/C(=C(\O)c2ccc([N+](=O)[O-])cc2)C1c1ccccc1. The molecule has 0 bridgehead atoms. The van der Waals surface area contributed by atoms with E-state index in [4.69, 9.17) is 0 Å². The van der Waals surface area contributed by atoms with Crippen molar-refractivity contribution in [3.8, 4) is 0 Å². The van der Waals surface area contributed by atoms with E-state index < -0.39 is 22.7 Å². The Morgan fingerprint density at radius 1 is 1.11 bits per heavy atom. The van der Waals surface area contributed by atoms with Gasteiger partial charge >= 0.3 is 0 Å². The van der Waals surface area contributed by atoms with Crippen LogP contribution in [0.5, 0.6) is 0 Å². The Kier molecular flexibility index (Phi) is 5.03. The van der Waals surface area contributed by atoms with Gasteiger partial charge in [-0.1, -0.05) is 37.3 Å². The van der Waals surface area contributed by atoms with Crippen molar-refractivity contribution < 1.29 is 19.6 Å². The fourth-order valence-corrected chi connectivity index (χ4v) is 3.23. The average Bonchev–Trinajstić information content (AvgIpc) is 2.93. The molecule has 0 saturated carbocycles. The van der Waals surface area contributed by atoms with Crippen LogP contribution >= 0.6 is 0 Å². The molecule has 1 fully saturated rings. The van der Waals surface area contributed by atoms with Crippen LogP contribution in [0, 0.1) is 10.1 Å². The summed E-state index contributed by atoms with van der Waals surface area (Å²) in [5.74, 6) is -1.75. The van der Waals surface area contributed by atoms with Crippen molar-refractivity contribution in [2.75, 3.05) is 6.54 Å². The number of amides is 1. The monoisotopic (exact) mass is 366 g/mol. The third-order valence-corrected chi connectivity index (χ3v) is 4.47. The Labute approximate surface area is 155 Å². The number of non-ortho nitro benzene ring substituents is 1. The molecule has 1 saturated heterocycles. The number of carbonyl (C=O) groups excluding carboxylic acids is 2. The minimum atomic E-state index is -0.756. The number of likely N-dealkylation sites (tertiary alicyclic amines) is 1. The molecule has 1 aliphatic rings. The van der Waals surface area contributed by atoms with E-state index >= 15 is 0 Å². The molecule has 1 heterocycles. The third-order valence-electron chi connectivity index (χ3n) is 4.47. The van der Waals surface area contributed by atoms with Gasteiger partial charge in [-0.3, -0.25) is 19.7 Å². The predicted octanol–water partition coefficient (Wildman–Crippen LogP) is 3.43. The molecule has 3 rings (SSSR count). The predicted molar refractivity (Wildman–Crippen MR) is 98.8 cm³/mol. The molecule has 1 N–H and O–H groups in total. The van der Waals surface area contributed by atoms with Crippen LogP contribution in [0.2, 0.25) is 0 Å². The van der Waals surface area contributed by atoms with Gasteiger partial charge in [0, 0.05) is 24.2 Å². The van der Waals surface area contributed by atoms with E-state index in [-0.39, 0.29) is 22.6 Å². The maximum Gasteiger partial charge on any atom is 0.295 e. The van der Waals surface area contributed by atoms with Crippen molar-refractivity contribution in [2.45, 2.75) is 19.4 Å². The molecular weight excluding hydrogens is 348 g/mol. The summed E-state index contributed by atoms with van der Waals surface area (Å²) in [7, 11) is 0. The molecule has 0 aromatic heterocycles. The molecule has 138 valence electrons. The van der Waals surface area contributed by atoms with Gasteiger partial charge in [0.05, 0.1) is 16.5 Å². The van der Waals surface area contributed by atoms with Crippen LogP contribution in [0.3, 0.4) is 0 Å². The van der Waals surface area contributed by atoms with Gasteiger partial charge in [0.1, 0.15) is 5.76 Å². The van der Waals surface area contributed by atoms with Gasteiger partial charge in [0.2, 0.25) is 0 Å². The van der Waals surface area contributed by atoms with E-state index in [0.29, 0.717) is 18.5 Å². The highest BCUT2D eigenvalue weighted by Gasteiger charge is 2.45. The topological polar surface area (TPSA) is 101 Å². The van der Waals surface area contributed by atoms with E-state index in [1.54, 1.807) is 24.3 Å². The number of hydrogen-bond acceptors (Lipinski definition) is 5. The molecule has 2 aromatic rings. The van der Waals surface area contributed by atoms with Gasteiger partial charge in [-0.15, -0.1) is 0 Å². The van der Waals surface area contributed by atoms with Crippen molar-refractivity contribution in [3.63, 3.8) is 0 Å². The Bertz CT molecular complexity index is 919. The van der Waals surface area contributed by atoms with Crippen LogP contribution in [0.15, 0.2) is 60.2 Å². The van der Waals surface area contributed by atoms with E-state index in [0.717, 1.165) is 0 Å². The minimum absolute atomic E-state index is 0.00602. The molecule has 1 aliphatic heterocycles. The maximum absolute atomic E-state index is 12.6. The van der Waals surface area contributed by atoms with Crippen LogP contribution in [0.1, 0.15) is 30.5 Å². The molecular formula is C20H18N2O5. The number of benzene rings is 2. The number of nitro groups is 1. The number of hydrogen-bond donors (Lipinski definition) is 1. The number of ketones is 1. The number of aliphatic hydroxyl groups excluding tert-OH is 1. The molecule has 7 nitrogen and oxygen atoms in total. The average molecular weight is 366 g/mol. The zero-order valence-electron chi connectivity index (χ0n) is 14.7. The quantitative estimate of drug-likeness (QED) is 0.287. The second kappa shape index (κ2) is 7.41. The second-order valence-electron chi connectivity index (χ2n) is 6.21. The first-order valence-corrected chi connectivity index (χ1v) is 8.54. The lowest BCUT2D eigenvalue weighted by Crippen LogP contribution is -2.30. The highest BCUT2D eigenvalue weighted by Crippen LogP contribution is 2.39. The zero-order chi connectivity index (χ0) is 19.6. The molecule has 0 spiro atoms. The smallest absolute Gasteiger partial charge is 0.295 e. The molecule has 1 atom stereocenters. The Balaban J connectivity index is 2.14. The number of Topliss-reactive ketones (excluding diaryl/α,β-unsaturated/α-hetero) is 1. The third kappa shape index (κ3) is 3.31. The van der Waals surface area contributed by atoms with Gasteiger partial charge in [0.25, 0.3) is 17.4 Å². The first-order chi connectivity index (χ1) is 13.0. The minimum Gasteiger partial charge on any atom is -0.507 e. The number of rotatable bonds is 5. The van der Waals surface area contributed by atoms with Crippen LogP contribution in [0.25, 0.3) is 5.76 Å². The normalized spacial score (nSPS) is 18.7. The van der Waals surface area contributed by atoms with Crippen LogP contribution < -0.4 is 0 Å². The largest absolute Gasteiger partial charge is 0.507 e. The molecule has 0 radical (unpaired) electrons. The summed E-state index contributed by atoms with van der Waals surface area (Å²) in [5.41, 5.74) is 0.829. The fraction of sp³-hybridized carbons (Fsp3) is 0.200. The summed E-state index contributed by atoms with van der Waals surface area (Å²) in [5, 5.41) is 21.6. The fourth-order valence-electron chi connectivity index (χ4n) is 3.23. The lowest BCUT2D eigenvalue weighted by molar-refractivity contribution is -0.384. The van der Waals surface area contributed by atoms with Crippen LogP contribution in [-0.4, -0.2) is 33.2 Å². The van der Waals surface area contributed by atoms with E-state index in [9.17, 15) is 24.8 Å². The molecule has 1 unspecified atom stereocenters. The lowest BCUT2D eigenvalue weighted by atomic mass is 9.95. The number of nitro benzene ring substituents is 1. The summed E-state index contributed by atoms with van der Waals surface area (Å²) in [6, 6.07) is 13.5. The molecule has 2 aromatic carbocycles. The van der Waals surface area contributed by atoms with Gasteiger partial charge in [-0.05, 0) is 24.1 Å².